The fraction of sp³-hybridized carbons (Fsp3) is 0.387. The van der Waals surface area contributed by atoms with Gasteiger partial charge in [-0.2, -0.15) is 0 Å². The van der Waals surface area contributed by atoms with E-state index in [-0.39, 0.29) is 24.2 Å². The normalized spacial score (nSPS) is 16.1. The Bertz CT molecular complexity index is 1400. The molecule has 2 aromatic carbocycles. The molecule has 5 rings (SSSR count). The van der Waals surface area contributed by atoms with Crippen molar-refractivity contribution in [1.82, 2.24) is 19.7 Å². The Hall–Kier alpha value is -4.11. The van der Waals surface area contributed by atoms with Gasteiger partial charge in [0.15, 0.2) is 0 Å². The highest BCUT2D eigenvalue weighted by molar-refractivity contribution is 5.92. The number of aromatic amines is 1. The predicted octanol–water partition coefficient (Wildman–Crippen LogP) is 3.41. The molecular formula is C31H36N4O5. The van der Waals surface area contributed by atoms with Crippen molar-refractivity contribution < 1.29 is 23.9 Å². The number of nitrogens with one attached hydrogen (secondary N) is 1. The van der Waals surface area contributed by atoms with Crippen LogP contribution in [0.4, 0.5) is 0 Å². The van der Waals surface area contributed by atoms with Crippen molar-refractivity contribution in [3.63, 3.8) is 0 Å². The van der Waals surface area contributed by atoms with Crippen LogP contribution in [-0.2, 0) is 20.8 Å². The number of likely N-dealkylation sites (tertiary alicyclic amines) is 1. The van der Waals surface area contributed by atoms with Crippen LogP contribution in [0.3, 0.4) is 0 Å². The van der Waals surface area contributed by atoms with Crippen molar-refractivity contribution >= 4 is 34.8 Å². The number of rotatable bonds is 8. The highest BCUT2D eigenvalue weighted by Gasteiger charge is 2.24. The van der Waals surface area contributed by atoms with Gasteiger partial charge in [0.1, 0.15) is 11.5 Å². The van der Waals surface area contributed by atoms with Crippen molar-refractivity contribution in [2.45, 2.75) is 26.2 Å². The lowest BCUT2D eigenvalue weighted by Gasteiger charge is -2.34. The summed E-state index contributed by atoms with van der Waals surface area (Å²) in [5.41, 5.74) is 3.59. The Morgan fingerprint density at radius 1 is 0.900 bits per heavy atom. The molecule has 0 aliphatic carbocycles. The summed E-state index contributed by atoms with van der Waals surface area (Å²) < 4.78 is 10.9. The van der Waals surface area contributed by atoms with E-state index in [1.54, 1.807) is 31.4 Å². The zero-order chi connectivity index (χ0) is 28.1. The number of hydrogen-bond acceptors (Lipinski definition) is 6. The van der Waals surface area contributed by atoms with Gasteiger partial charge in [-0.3, -0.25) is 19.3 Å². The second kappa shape index (κ2) is 12.4. The highest BCUT2D eigenvalue weighted by Crippen LogP contribution is 2.27. The van der Waals surface area contributed by atoms with Crippen LogP contribution < -0.4 is 9.47 Å². The van der Waals surface area contributed by atoms with Crippen molar-refractivity contribution in [2.24, 2.45) is 0 Å². The molecule has 0 radical (unpaired) electrons. The molecule has 0 unspecified atom stereocenters. The molecule has 0 bridgehead atoms. The summed E-state index contributed by atoms with van der Waals surface area (Å²) in [5.74, 6) is 0.969. The second-order valence-electron chi connectivity index (χ2n) is 10.4. The number of hydrogen-bond donors (Lipinski definition) is 1. The first-order valence-corrected chi connectivity index (χ1v) is 13.8. The van der Waals surface area contributed by atoms with Gasteiger partial charge in [-0.25, -0.2) is 0 Å². The maximum absolute atomic E-state index is 12.7. The minimum Gasteiger partial charge on any atom is -0.497 e. The number of fused-ring (bicyclic) bond motifs is 1. The molecule has 40 heavy (non-hydrogen) atoms. The fourth-order valence-electron chi connectivity index (χ4n) is 5.33. The average Bonchev–Trinajstić information content (AvgIpc) is 3.61. The molecule has 0 saturated carbocycles. The summed E-state index contributed by atoms with van der Waals surface area (Å²) >= 11 is 0. The lowest BCUT2D eigenvalue weighted by molar-refractivity contribution is -0.134. The monoisotopic (exact) mass is 544 g/mol. The van der Waals surface area contributed by atoms with E-state index in [0.717, 1.165) is 59.4 Å². The van der Waals surface area contributed by atoms with Gasteiger partial charge >= 0.3 is 5.97 Å². The molecule has 9 heteroatoms. The number of H-pyrrole nitrogens is 1. The average molecular weight is 545 g/mol. The predicted molar refractivity (Wildman–Crippen MR) is 153 cm³/mol. The highest BCUT2D eigenvalue weighted by atomic mass is 16.5. The summed E-state index contributed by atoms with van der Waals surface area (Å²) in [6, 6.07) is 12.8. The van der Waals surface area contributed by atoms with Gasteiger partial charge in [-0.05, 0) is 67.3 Å². The number of carbonyl (C=O) groups excluding carboxylic acids is 3. The fourth-order valence-corrected chi connectivity index (χ4v) is 5.33. The van der Waals surface area contributed by atoms with Crippen LogP contribution in [0.15, 0.2) is 48.5 Å². The van der Waals surface area contributed by atoms with Gasteiger partial charge < -0.3 is 24.3 Å². The van der Waals surface area contributed by atoms with Crippen LogP contribution in [0.2, 0.25) is 0 Å². The lowest BCUT2D eigenvalue weighted by Crippen LogP contribution is -2.51. The van der Waals surface area contributed by atoms with Crippen LogP contribution in [0.1, 0.15) is 29.7 Å². The van der Waals surface area contributed by atoms with Gasteiger partial charge in [0.05, 0.1) is 20.1 Å². The molecule has 9 nitrogen and oxygen atoms in total. The Labute approximate surface area is 234 Å². The number of methoxy groups -OCH3 is 1. The summed E-state index contributed by atoms with van der Waals surface area (Å²) in [6.45, 7) is 6.72. The molecule has 210 valence electrons. The zero-order valence-corrected chi connectivity index (χ0v) is 23.2. The van der Waals surface area contributed by atoms with Crippen LogP contribution in [-0.4, -0.2) is 90.4 Å². The number of piperazine rings is 1. The van der Waals surface area contributed by atoms with E-state index in [0.29, 0.717) is 38.5 Å². The van der Waals surface area contributed by atoms with Gasteiger partial charge in [0, 0.05) is 61.9 Å². The zero-order valence-electron chi connectivity index (χ0n) is 23.2. The number of amides is 2. The number of ether oxygens (including phenoxy) is 2. The minimum absolute atomic E-state index is 0.0493. The molecule has 3 heterocycles. The van der Waals surface area contributed by atoms with Crippen LogP contribution in [0, 0.1) is 6.92 Å². The number of esters is 1. The number of benzene rings is 2. The maximum Gasteiger partial charge on any atom is 0.315 e. The number of nitrogens with zero attached hydrogens (tertiary/aromatic N) is 3. The molecule has 2 fully saturated rings. The van der Waals surface area contributed by atoms with Gasteiger partial charge in [0.25, 0.3) is 0 Å². The summed E-state index contributed by atoms with van der Waals surface area (Å²) in [7, 11) is 1.62. The van der Waals surface area contributed by atoms with Crippen LogP contribution in [0.25, 0.3) is 17.0 Å². The third-order valence-corrected chi connectivity index (χ3v) is 7.68. The van der Waals surface area contributed by atoms with Crippen molar-refractivity contribution in [2.75, 3.05) is 52.9 Å². The quantitative estimate of drug-likeness (QED) is 0.265. The van der Waals surface area contributed by atoms with Crippen molar-refractivity contribution in [3.8, 4) is 11.5 Å². The summed E-state index contributed by atoms with van der Waals surface area (Å²) in [6.07, 6.45) is 5.65. The molecule has 0 spiro atoms. The molecule has 2 amide bonds. The Balaban J connectivity index is 1.10. The molecule has 1 aromatic heterocycles. The van der Waals surface area contributed by atoms with E-state index in [1.165, 1.54) is 0 Å². The molecule has 2 aliphatic heterocycles. The molecule has 2 saturated heterocycles. The largest absolute Gasteiger partial charge is 0.497 e. The van der Waals surface area contributed by atoms with Gasteiger partial charge in [-0.15, -0.1) is 0 Å². The third-order valence-electron chi connectivity index (χ3n) is 7.68. The molecule has 1 N–H and O–H groups in total. The van der Waals surface area contributed by atoms with Gasteiger partial charge in [-0.1, -0.05) is 12.1 Å². The Morgan fingerprint density at radius 3 is 2.30 bits per heavy atom. The first-order valence-electron chi connectivity index (χ1n) is 13.8. The Kier molecular flexibility index (Phi) is 8.50. The first-order chi connectivity index (χ1) is 19.4. The molecule has 2 aliphatic rings. The smallest absolute Gasteiger partial charge is 0.315 e. The van der Waals surface area contributed by atoms with E-state index >= 15 is 0 Å². The van der Waals surface area contributed by atoms with Crippen molar-refractivity contribution in [1.29, 1.82) is 0 Å². The van der Waals surface area contributed by atoms with E-state index in [4.69, 9.17) is 9.47 Å². The number of aromatic nitrogens is 1. The topological polar surface area (TPSA) is 95.2 Å². The van der Waals surface area contributed by atoms with Gasteiger partial charge in [0.2, 0.25) is 11.8 Å². The second-order valence-corrected chi connectivity index (χ2v) is 10.4. The number of aryl methyl sites for hydroxylation is 1. The van der Waals surface area contributed by atoms with Crippen LogP contribution >= 0.6 is 0 Å². The minimum atomic E-state index is -0.355. The standard InChI is InChI=1S/C31H36N4O5/c1-22-26(27-19-25(39-2)10-11-28(27)32-22)20-31(38)40-24-8-5-23(6-9-24)7-12-29(36)35-17-15-33(16-18-35)21-30(37)34-13-3-4-14-34/h5-12,19,32H,3-4,13-18,20-21H2,1-2H3. The van der Waals surface area contributed by atoms with Crippen LogP contribution in [0.5, 0.6) is 11.5 Å². The molecule has 0 atom stereocenters. The summed E-state index contributed by atoms with van der Waals surface area (Å²) in [5, 5.41) is 0.941. The molecule has 3 aromatic rings. The van der Waals surface area contributed by atoms with E-state index in [2.05, 4.69) is 9.88 Å². The first kappa shape index (κ1) is 27.5. The maximum atomic E-state index is 12.7. The molecular weight excluding hydrogens is 508 g/mol. The van der Waals surface area contributed by atoms with E-state index in [1.807, 2.05) is 47.1 Å². The third kappa shape index (κ3) is 6.54. The van der Waals surface area contributed by atoms with E-state index in [9.17, 15) is 14.4 Å². The van der Waals surface area contributed by atoms with E-state index < -0.39 is 0 Å². The Morgan fingerprint density at radius 2 is 1.60 bits per heavy atom. The lowest BCUT2D eigenvalue weighted by atomic mass is 10.1. The SMILES string of the molecule is COc1ccc2[nH]c(C)c(CC(=O)Oc3ccc(C=CC(=O)N4CCN(CC(=O)N5CCCC5)CC4)cc3)c2c1. The van der Waals surface area contributed by atoms with Crippen molar-refractivity contribution in [3.05, 3.63) is 65.4 Å². The number of carbonyl (C=O) groups is 3. The summed E-state index contributed by atoms with van der Waals surface area (Å²) in [4.78, 5) is 47.0.